The van der Waals surface area contributed by atoms with Crippen molar-refractivity contribution in [2.45, 2.75) is 19.0 Å². The minimum absolute atomic E-state index is 0.101. The summed E-state index contributed by atoms with van der Waals surface area (Å²) < 4.78 is 35.6. The van der Waals surface area contributed by atoms with Crippen molar-refractivity contribution in [3.05, 3.63) is 29.8 Å². The Morgan fingerprint density at radius 2 is 1.74 bits per heavy atom. The first-order valence-electron chi connectivity index (χ1n) is 5.43. The van der Waals surface area contributed by atoms with Crippen LogP contribution in [0.4, 0.5) is 13.2 Å². The van der Waals surface area contributed by atoms with Crippen molar-refractivity contribution in [1.29, 1.82) is 0 Å². The van der Waals surface area contributed by atoms with E-state index in [2.05, 4.69) is 5.32 Å². The van der Waals surface area contributed by atoms with E-state index in [9.17, 15) is 22.8 Å². The van der Waals surface area contributed by atoms with Crippen molar-refractivity contribution in [3.8, 4) is 5.75 Å². The molecule has 0 aliphatic heterocycles. The van der Waals surface area contributed by atoms with E-state index in [1.807, 2.05) is 0 Å². The summed E-state index contributed by atoms with van der Waals surface area (Å²) in [6, 6.07) is 6.18. The number of amides is 1. The lowest BCUT2D eigenvalue weighted by atomic mass is 10.1. The van der Waals surface area contributed by atoms with E-state index in [-0.39, 0.29) is 12.3 Å². The number of aromatic hydroxyl groups is 1. The molecule has 1 rings (SSSR count). The van der Waals surface area contributed by atoms with Gasteiger partial charge in [0.25, 0.3) is 0 Å². The van der Waals surface area contributed by atoms with E-state index in [1.54, 1.807) is 12.1 Å². The molecule has 0 saturated carbocycles. The summed E-state index contributed by atoms with van der Waals surface area (Å²) in [6.45, 7) is 0.120. The number of alkyl halides is 3. The van der Waals surface area contributed by atoms with Gasteiger partial charge in [0.1, 0.15) is 5.75 Å². The molecule has 1 aromatic rings. The summed E-state index contributed by atoms with van der Waals surface area (Å²) in [5.41, 5.74) is 0.806. The van der Waals surface area contributed by atoms with Crippen LogP contribution in [0.5, 0.6) is 5.75 Å². The molecule has 0 radical (unpaired) electrons. The zero-order chi connectivity index (χ0) is 14.5. The Bertz CT molecular complexity index is 454. The van der Waals surface area contributed by atoms with Crippen LogP contribution in [0, 0.1) is 0 Å². The second-order valence-electron chi connectivity index (χ2n) is 3.86. The quantitative estimate of drug-likeness (QED) is 0.802. The number of phenols is 1. The number of carbonyl (C=O) groups excluding carboxylic acids is 2. The molecule has 0 heterocycles. The molecule has 0 spiro atoms. The van der Waals surface area contributed by atoms with E-state index in [4.69, 9.17) is 5.11 Å². The van der Waals surface area contributed by atoms with Crippen molar-refractivity contribution in [2.24, 2.45) is 0 Å². The predicted octanol–water partition coefficient (Wildman–Crippen LogP) is 1.57. The highest BCUT2D eigenvalue weighted by atomic mass is 19.4. The first-order valence-corrected chi connectivity index (χ1v) is 5.43. The molecular formula is C12H12F3NO3. The minimum Gasteiger partial charge on any atom is -0.508 e. The maximum Gasteiger partial charge on any atom is 0.450 e. The average molecular weight is 275 g/mol. The zero-order valence-corrected chi connectivity index (χ0v) is 9.83. The van der Waals surface area contributed by atoms with Crippen LogP contribution in [0.2, 0.25) is 0 Å². The summed E-state index contributed by atoms with van der Waals surface area (Å²) in [5, 5.41) is 11.3. The topological polar surface area (TPSA) is 66.4 Å². The van der Waals surface area contributed by atoms with Crippen LogP contribution in [0.3, 0.4) is 0 Å². The van der Waals surface area contributed by atoms with Gasteiger partial charge in [-0.05, 0) is 24.1 Å². The number of halogens is 3. The van der Waals surface area contributed by atoms with Crippen LogP contribution in [0.15, 0.2) is 24.3 Å². The summed E-state index contributed by atoms with van der Waals surface area (Å²) in [6.07, 6.45) is -5.78. The second kappa shape index (κ2) is 6.21. The monoisotopic (exact) mass is 275 g/mol. The summed E-state index contributed by atoms with van der Waals surface area (Å²) in [7, 11) is 0. The Morgan fingerprint density at radius 1 is 1.16 bits per heavy atom. The van der Waals surface area contributed by atoms with E-state index < -0.39 is 24.3 Å². The molecular weight excluding hydrogens is 263 g/mol. The predicted molar refractivity (Wildman–Crippen MR) is 60.5 cm³/mol. The summed E-state index contributed by atoms with van der Waals surface area (Å²) in [5.74, 6) is -2.92. The molecule has 0 aliphatic carbocycles. The Labute approximate surface area is 107 Å². The van der Waals surface area contributed by atoms with Gasteiger partial charge in [0.15, 0.2) is 0 Å². The fourth-order valence-corrected chi connectivity index (χ4v) is 1.32. The van der Waals surface area contributed by atoms with Crippen molar-refractivity contribution >= 4 is 11.7 Å². The van der Waals surface area contributed by atoms with Gasteiger partial charge in [-0.25, -0.2) is 0 Å². The van der Waals surface area contributed by atoms with Crippen LogP contribution in [-0.2, 0) is 16.0 Å². The number of hydrogen-bond acceptors (Lipinski definition) is 3. The molecule has 7 heteroatoms. The van der Waals surface area contributed by atoms with Gasteiger partial charge in [-0.15, -0.1) is 0 Å². The van der Waals surface area contributed by atoms with Gasteiger partial charge < -0.3 is 10.4 Å². The molecule has 4 nitrogen and oxygen atoms in total. The number of benzene rings is 1. The molecule has 2 N–H and O–H groups in total. The van der Waals surface area contributed by atoms with Gasteiger partial charge >= 0.3 is 6.18 Å². The van der Waals surface area contributed by atoms with E-state index in [0.717, 1.165) is 5.56 Å². The van der Waals surface area contributed by atoms with Gasteiger partial charge in [-0.1, -0.05) is 12.1 Å². The van der Waals surface area contributed by atoms with Crippen molar-refractivity contribution in [3.63, 3.8) is 0 Å². The molecule has 104 valence electrons. The van der Waals surface area contributed by atoms with Crippen LogP contribution in [0.1, 0.15) is 12.0 Å². The van der Waals surface area contributed by atoms with Crippen molar-refractivity contribution < 1.29 is 27.9 Å². The Kier molecular flexibility index (Phi) is 4.91. The lowest BCUT2D eigenvalue weighted by molar-refractivity contribution is -0.172. The largest absolute Gasteiger partial charge is 0.508 e. The van der Waals surface area contributed by atoms with Gasteiger partial charge in [-0.3, -0.25) is 9.59 Å². The summed E-state index contributed by atoms with van der Waals surface area (Å²) >= 11 is 0. The van der Waals surface area contributed by atoms with Crippen LogP contribution >= 0.6 is 0 Å². The Hall–Kier alpha value is -2.05. The number of carbonyl (C=O) groups is 2. The number of ketones is 1. The third kappa shape index (κ3) is 5.41. The van der Waals surface area contributed by atoms with Gasteiger partial charge in [0.2, 0.25) is 11.7 Å². The summed E-state index contributed by atoms with van der Waals surface area (Å²) in [4.78, 5) is 21.6. The average Bonchev–Trinajstić information content (AvgIpc) is 2.30. The number of hydrogen-bond donors (Lipinski definition) is 2. The second-order valence-corrected chi connectivity index (χ2v) is 3.86. The highest BCUT2D eigenvalue weighted by Gasteiger charge is 2.39. The Balaban J connectivity index is 2.31. The third-order valence-corrected chi connectivity index (χ3v) is 2.31. The molecule has 1 aromatic carbocycles. The molecule has 1 amide bonds. The maximum absolute atomic E-state index is 11.9. The molecule has 0 saturated heterocycles. The fourth-order valence-electron chi connectivity index (χ4n) is 1.32. The molecule has 0 unspecified atom stereocenters. The normalized spacial score (nSPS) is 11.1. The number of rotatable bonds is 5. The first kappa shape index (κ1) is 15.0. The minimum atomic E-state index is -4.98. The van der Waals surface area contributed by atoms with Crippen LogP contribution in [-0.4, -0.2) is 29.5 Å². The van der Waals surface area contributed by atoms with E-state index >= 15 is 0 Å². The van der Waals surface area contributed by atoms with E-state index in [1.165, 1.54) is 12.1 Å². The van der Waals surface area contributed by atoms with Gasteiger partial charge in [0, 0.05) is 6.54 Å². The molecule has 19 heavy (non-hydrogen) atoms. The van der Waals surface area contributed by atoms with E-state index in [0.29, 0.717) is 6.42 Å². The number of phenolic OH excluding ortho intramolecular Hbond substituents is 1. The standard InChI is InChI=1S/C12H12F3NO3/c13-12(14,15)10(18)7-11(19)16-6-5-8-1-3-9(17)4-2-8/h1-4,17H,5-7H2,(H,16,19). The van der Waals surface area contributed by atoms with Gasteiger partial charge in [0.05, 0.1) is 6.42 Å². The molecule has 0 atom stereocenters. The maximum atomic E-state index is 11.9. The molecule has 0 fully saturated rings. The molecule has 0 aliphatic rings. The van der Waals surface area contributed by atoms with Crippen LogP contribution in [0.25, 0.3) is 0 Å². The SMILES string of the molecule is O=C(CC(=O)C(F)(F)F)NCCc1ccc(O)cc1. The Morgan fingerprint density at radius 3 is 2.26 bits per heavy atom. The highest BCUT2D eigenvalue weighted by Crippen LogP contribution is 2.17. The fraction of sp³-hybridized carbons (Fsp3) is 0.333. The van der Waals surface area contributed by atoms with Crippen molar-refractivity contribution in [2.75, 3.05) is 6.54 Å². The molecule has 0 bridgehead atoms. The van der Waals surface area contributed by atoms with Crippen LogP contribution < -0.4 is 5.32 Å². The number of Topliss-reactive ketones (excluding diaryl/α,β-unsaturated/α-hetero) is 1. The third-order valence-electron chi connectivity index (χ3n) is 2.31. The smallest absolute Gasteiger partial charge is 0.450 e. The highest BCUT2D eigenvalue weighted by molar-refractivity contribution is 6.00. The number of nitrogens with one attached hydrogen (secondary N) is 1. The molecule has 0 aromatic heterocycles. The zero-order valence-electron chi connectivity index (χ0n) is 9.83. The van der Waals surface area contributed by atoms with Crippen molar-refractivity contribution in [1.82, 2.24) is 5.32 Å². The lowest BCUT2D eigenvalue weighted by Crippen LogP contribution is -2.32. The van der Waals surface area contributed by atoms with Gasteiger partial charge in [-0.2, -0.15) is 13.2 Å². The first-order chi connectivity index (χ1) is 8.79. The lowest BCUT2D eigenvalue weighted by Gasteiger charge is -2.07.